The molecule has 164 valence electrons. The van der Waals surface area contributed by atoms with Gasteiger partial charge in [0, 0.05) is 24.6 Å². The van der Waals surface area contributed by atoms with Gasteiger partial charge in [0.2, 0.25) is 5.95 Å². The Bertz CT molecular complexity index is 1080. The van der Waals surface area contributed by atoms with Crippen molar-refractivity contribution in [2.24, 2.45) is 5.92 Å². The molecule has 0 atom stereocenters. The molecule has 9 heteroatoms. The summed E-state index contributed by atoms with van der Waals surface area (Å²) in [4.78, 5) is 18.6. The van der Waals surface area contributed by atoms with Crippen LogP contribution in [-0.2, 0) is 0 Å². The van der Waals surface area contributed by atoms with Gasteiger partial charge < -0.3 is 20.5 Å². The average Bonchev–Trinajstić information content (AvgIpc) is 2.77. The third kappa shape index (κ3) is 4.11. The standard InChI is InChI=1S/C22H30N7O2/c1-14(2)13-29(9-7-24-8-10-29)21-19-20(27-22(23)28-21)25-12-16(26-19)15-5-6-17(30-3)18(11-15)31-4/h5-6,11-12,14,24H,7-10,13H2,1-4H3,(H2,23,25,27,28)/q+1. The van der Waals surface area contributed by atoms with Crippen LogP contribution in [0.1, 0.15) is 13.8 Å². The highest BCUT2D eigenvalue weighted by Crippen LogP contribution is 2.34. The van der Waals surface area contributed by atoms with Crippen molar-refractivity contribution in [3.63, 3.8) is 0 Å². The summed E-state index contributed by atoms with van der Waals surface area (Å²) in [6, 6.07) is 5.71. The Morgan fingerprint density at radius 2 is 1.81 bits per heavy atom. The second-order valence-corrected chi connectivity index (χ2v) is 8.32. The van der Waals surface area contributed by atoms with E-state index in [0.29, 0.717) is 28.6 Å². The number of benzene rings is 1. The molecule has 3 N–H and O–H groups in total. The van der Waals surface area contributed by atoms with E-state index in [1.54, 1.807) is 20.4 Å². The van der Waals surface area contributed by atoms with Crippen LogP contribution in [-0.4, -0.2) is 66.9 Å². The molecule has 0 saturated carbocycles. The number of quaternary nitrogens is 1. The highest BCUT2D eigenvalue weighted by molar-refractivity contribution is 5.85. The zero-order valence-corrected chi connectivity index (χ0v) is 18.6. The van der Waals surface area contributed by atoms with Crippen LogP contribution in [0.3, 0.4) is 0 Å². The van der Waals surface area contributed by atoms with Crippen molar-refractivity contribution in [1.29, 1.82) is 0 Å². The highest BCUT2D eigenvalue weighted by atomic mass is 16.5. The molecule has 9 nitrogen and oxygen atoms in total. The van der Waals surface area contributed by atoms with Crippen molar-refractivity contribution in [3.8, 4) is 22.8 Å². The van der Waals surface area contributed by atoms with Crippen LogP contribution in [0.25, 0.3) is 22.4 Å². The van der Waals surface area contributed by atoms with Crippen molar-refractivity contribution in [3.05, 3.63) is 24.4 Å². The van der Waals surface area contributed by atoms with E-state index in [-0.39, 0.29) is 5.95 Å². The van der Waals surface area contributed by atoms with Crippen LogP contribution in [0.2, 0.25) is 0 Å². The third-order valence-electron chi connectivity index (χ3n) is 5.68. The average molecular weight is 425 g/mol. The Morgan fingerprint density at radius 1 is 1.06 bits per heavy atom. The summed E-state index contributed by atoms with van der Waals surface area (Å²) in [5.74, 6) is 2.88. The SMILES string of the molecule is COc1ccc(-c2cnc3nc(N)nc([N+]4(CC(C)C)CCNCC4)c3n2)cc1OC. The number of nitrogen functional groups attached to an aromatic ring is 1. The van der Waals surface area contributed by atoms with Crippen molar-refractivity contribution in [2.75, 3.05) is 52.7 Å². The molecule has 3 aromatic rings. The van der Waals surface area contributed by atoms with Gasteiger partial charge >= 0.3 is 0 Å². The quantitative estimate of drug-likeness (QED) is 0.580. The molecule has 1 aromatic carbocycles. The molecule has 0 unspecified atom stereocenters. The van der Waals surface area contributed by atoms with Crippen LogP contribution in [0.15, 0.2) is 24.4 Å². The molecule has 1 aliphatic rings. The summed E-state index contributed by atoms with van der Waals surface area (Å²) in [6.45, 7) is 9.10. The van der Waals surface area contributed by atoms with Crippen LogP contribution in [0, 0.1) is 5.92 Å². The Kier molecular flexibility index (Phi) is 5.88. The van der Waals surface area contributed by atoms with E-state index in [1.807, 2.05) is 18.2 Å². The number of anilines is 1. The summed E-state index contributed by atoms with van der Waals surface area (Å²) >= 11 is 0. The predicted molar refractivity (Wildman–Crippen MR) is 122 cm³/mol. The van der Waals surface area contributed by atoms with Gasteiger partial charge in [-0.2, -0.15) is 9.97 Å². The summed E-state index contributed by atoms with van der Waals surface area (Å²) < 4.78 is 11.5. The van der Waals surface area contributed by atoms with Gasteiger partial charge in [-0.05, 0) is 18.2 Å². The van der Waals surface area contributed by atoms with Crippen LogP contribution < -0.4 is 25.0 Å². The summed E-state index contributed by atoms with van der Waals surface area (Å²) in [5, 5.41) is 3.45. The normalized spacial score (nSPS) is 15.9. The minimum absolute atomic E-state index is 0.232. The molecule has 31 heavy (non-hydrogen) atoms. The molecule has 0 radical (unpaired) electrons. The smallest absolute Gasteiger partial charge is 0.261 e. The monoisotopic (exact) mass is 424 g/mol. The van der Waals surface area contributed by atoms with Crippen molar-refractivity contribution >= 4 is 22.9 Å². The molecule has 3 heterocycles. The number of methoxy groups -OCH3 is 2. The number of hydrogen-bond acceptors (Lipinski definition) is 8. The number of nitrogens with zero attached hydrogens (tertiary/aromatic N) is 5. The van der Waals surface area contributed by atoms with Gasteiger partial charge in [-0.25, -0.2) is 9.97 Å². The molecular formula is C22H30N7O2+. The zero-order valence-electron chi connectivity index (χ0n) is 18.6. The van der Waals surface area contributed by atoms with E-state index in [9.17, 15) is 0 Å². The van der Waals surface area contributed by atoms with Crippen molar-refractivity contribution in [2.45, 2.75) is 13.8 Å². The Hall–Kier alpha value is -3.04. The van der Waals surface area contributed by atoms with E-state index < -0.39 is 0 Å². The van der Waals surface area contributed by atoms with Gasteiger partial charge in [0.25, 0.3) is 5.82 Å². The predicted octanol–water partition coefficient (Wildman–Crippen LogP) is 2.25. The fourth-order valence-electron chi connectivity index (χ4n) is 4.38. The van der Waals surface area contributed by atoms with E-state index in [0.717, 1.165) is 54.3 Å². The van der Waals surface area contributed by atoms with Gasteiger partial charge in [-0.3, -0.25) is 4.48 Å². The Morgan fingerprint density at radius 3 is 2.48 bits per heavy atom. The molecule has 1 saturated heterocycles. The molecular weight excluding hydrogens is 394 g/mol. The number of fused-ring (bicyclic) bond motifs is 1. The molecule has 0 aliphatic carbocycles. The maximum atomic E-state index is 6.09. The Balaban J connectivity index is 1.89. The Labute approximate surface area is 182 Å². The fraction of sp³-hybridized carbons (Fsp3) is 0.455. The molecule has 2 aromatic heterocycles. The van der Waals surface area contributed by atoms with Gasteiger partial charge in [-0.1, -0.05) is 13.8 Å². The summed E-state index contributed by atoms with van der Waals surface area (Å²) in [6.07, 6.45) is 1.71. The first-order valence-corrected chi connectivity index (χ1v) is 10.6. The molecule has 0 spiro atoms. The first-order chi connectivity index (χ1) is 15.0. The number of hydrogen-bond donors (Lipinski definition) is 2. The van der Waals surface area contributed by atoms with Crippen molar-refractivity contribution in [1.82, 2.24) is 29.7 Å². The topological polar surface area (TPSA) is 108 Å². The lowest BCUT2D eigenvalue weighted by Gasteiger charge is -2.41. The number of nitrogens with one attached hydrogen (secondary N) is 1. The number of piperazine rings is 1. The van der Waals surface area contributed by atoms with Gasteiger partial charge in [-0.15, -0.1) is 0 Å². The van der Waals surface area contributed by atoms with Crippen LogP contribution >= 0.6 is 0 Å². The van der Waals surface area contributed by atoms with E-state index in [4.69, 9.17) is 25.2 Å². The van der Waals surface area contributed by atoms with Crippen molar-refractivity contribution < 1.29 is 9.47 Å². The minimum atomic E-state index is 0.232. The van der Waals surface area contributed by atoms with Crippen LogP contribution in [0.5, 0.6) is 11.5 Å². The lowest BCUT2D eigenvalue weighted by atomic mass is 10.1. The second-order valence-electron chi connectivity index (χ2n) is 8.32. The molecule has 1 fully saturated rings. The lowest BCUT2D eigenvalue weighted by Crippen LogP contribution is -2.61. The second kappa shape index (κ2) is 8.60. The number of ether oxygens (including phenoxy) is 2. The first-order valence-electron chi connectivity index (χ1n) is 10.6. The van der Waals surface area contributed by atoms with Gasteiger partial charge in [0.15, 0.2) is 22.7 Å². The maximum Gasteiger partial charge on any atom is 0.261 e. The number of rotatable bonds is 6. The number of nitrogens with two attached hydrogens (primary N) is 1. The summed E-state index contributed by atoms with van der Waals surface area (Å²) in [7, 11) is 3.24. The summed E-state index contributed by atoms with van der Waals surface area (Å²) in [5.41, 5.74) is 8.92. The van der Waals surface area contributed by atoms with Gasteiger partial charge in [0.05, 0.1) is 45.7 Å². The van der Waals surface area contributed by atoms with E-state index in [1.165, 1.54) is 0 Å². The van der Waals surface area contributed by atoms with E-state index >= 15 is 0 Å². The van der Waals surface area contributed by atoms with E-state index in [2.05, 4.69) is 29.1 Å². The molecule has 0 amide bonds. The lowest BCUT2D eigenvalue weighted by molar-refractivity contribution is 0.213. The highest BCUT2D eigenvalue weighted by Gasteiger charge is 2.38. The third-order valence-corrected chi connectivity index (χ3v) is 5.68. The largest absolute Gasteiger partial charge is 0.493 e. The first kappa shape index (κ1) is 21.2. The molecule has 0 bridgehead atoms. The minimum Gasteiger partial charge on any atom is -0.493 e. The zero-order chi connectivity index (χ0) is 22.0. The van der Waals surface area contributed by atoms with Gasteiger partial charge in [0.1, 0.15) is 0 Å². The van der Waals surface area contributed by atoms with Crippen LogP contribution in [0.4, 0.5) is 11.8 Å². The number of aromatic nitrogens is 4. The molecule has 1 aliphatic heterocycles. The fourth-order valence-corrected chi connectivity index (χ4v) is 4.38. The molecule has 4 rings (SSSR count). The maximum absolute atomic E-state index is 6.09.